The van der Waals surface area contributed by atoms with Crippen LogP contribution in [0.5, 0.6) is 0 Å². The molecule has 0 radical (unpaired) electrons. The number of para-hydroxylation sites is 3. The van der Waals surface area contributed by atoms with Crippen molar-refractivity contribution in [2.75, 3.05) is 42.9 Å². The normalized spacial score (nSPS) is 16.1. The molecule has 2 aromatic carbocycles. The zero-order valence-electron chi connectivity index (χ0n) is 17.4. The van der Waals surface area contributed by atoms with E-state index < -0.39 is 0 Å². The number of hydrogen-bond donors (Lipinski definition) is 1. The van der Waals surface area contributed by atoms with Gasteiger partial charge in [-0.05, 0) is 36.4 Å². The topological polar surface area (TPSA) is 86.1 Å². The van der Waals surface area contributed by atoms with Crippen molar-refractivity contribution in [3.05, 3.63) is 78.3 Å². The molecule has 3 heterocycles. The summed E-state index contributed by atoms with van der Waals surface area (Å²) in [7, 11) is 0. The number of fused-ring (bicyclic) bond motifs is 2. The summed E-state index contributed by atoms with van der Waals surface area (Å²) in [5, 5.41) is 2.90. The number of carbonyl (C=O) groups excluding carboxylic acids is 3. The molecular weight excluding hydrogens is 408 g/mol. The van der Waals surface area contributed by atoms with Crippen molar-refractivity contribution in [1.82, 2.24) is 9.80 Å². The minimum absolute atomic E-state index is 0.132. The number of anilines is 3. The molecule has 2 aliphatic heterocycles. The van der Waals surface area contributed by atoms with Gasteiger partial charge >= 0.3 is 0 Å². The van der Waals surface area contributed by atoms with Crippen LogP contribution in [0, 0.1) is 0 Å². The highest BCUT2D eigenvalue weighted by Gasteiger charge is 2.31. The number of amides is 3. The van der Waals surface area contributed by atoms with E-state index in [9.17, 15) is 14.4 Å². The summed E-state index contributed by atoms with van der Waals surface area (Å²) in [6.07, 6.45) is 1.48. The Balaban J connectivity index is 1.34. The van der Waals surface area contributed by atoms with Gasteiger partial charge in [0, 0.05) is 26.2 Å². The summed E-state index contributed by atoms with van der Waals surface area (Å²) in [5.74, 6) is -0.189. The molecule has 0 aliphatic carbocycles. The monoisotopic (exact) mass is 430 g/mol. The number of rotatable bonds is 3. The van der Waals surface area contributed by atoms with E-state index in [0.29, 0.717) is 54.6 Å². The Morgan fingerprint density at radius 2 is 1.59 bits per heavy atom. The SMILES string of the molecule is O=C1Nc2ccccc2N(C(=O)CN2CCN(C(=O)c3ccco3)CC2)c2ccccc21. The molecule has 1 aromatic heterocycles. The van der Waals surface area contributed by atoms with Crippen molar-refractivity contribution < 1.29 is 18.8 Å². The summed E-state index contributed by atoms with van der Waals surface area (Å²) < 4.78 is 5.21. The largest absolute Gasteiger partial charge is 0.459 e. The minimum Gasteiger partial charge on any atom is -0.459 e. The van der Waals surface area contributed by atoms with Crippen molar-refractivity contribution in [1.29, 1.82) is 0 Å². The van der Waals surface area contributed by atoms with E-state index in [1.54, 1.807) is 46.2 Å². The van der Waals surface area contributed by atoms with Gasteiger partial charge in [0.2, 0.25) is 5.91 Å². The number of furan rings is 1. The molecule has 3 amide bonds. The van der Waals surface area contributed by atoms with E-state index in [-0.39, 0.29) is 24.3 Å². The van der Waals surface area contributed by atoms with E-state index >= 15 is 0 Å². The van der Waals surface area contributed by atoms with Gasteiger partial charge in [0.05, 0.1) is 35.4 Å². The molecule has 0 bridgehead atoms. The van der Waals surface area contributed by atoms with Crippen LogP contribution in [0.1, 0.15) is 20.9 Å². The van der Waals surface area contributed by atoms with Gasteiger partial charge in [-0.3, -0.25) is 24.2 Å². The molecule has 0 atom stereocenters. The van der Waals surface area contributed by atoms with Crippen molar-refractivity contribution in [3.8, 4) is 0 Å². The molecule has 162 valence electrons. The van der Waals surface area contributed by atoms with Gasteiger partial charge in [-0.25, -0.2) is 0 Å². The predicted molar refractivity (Wildman–Crippen MR) is 119 cm³/mol. The highest BCUT2D eigenvalue weighted by atomic mass is 16.3. The van der Waals surface area contributed by atoms with Crippen molar-refractivity contribution in [2.45, 2.75) is 0 Å². The quantitative estimate of drug-likeness (QED) is 0.691. The molecule has 0 spiro atoms. The van der Waals surface area contributed by atoms with Crippen LogP contribution < -0.4 is 10.2 Å². The Labute approximate surface area is 185 Å². The van der Waals surface area contributed by atoms with Crippen LogP contribution >= 0.6 is 0 Å². The lowest BCUT2D eigenvalue weighted by molar-refractivity contribution is -0.119. The van der Waals surface area contributed by atoms with Crippen molar-refractivity contribution in [3.63, 3.8) is 0 Å². The smallest absolute Gasteiger partial charge is 0.289 e. The average Bonchev–Trinajstić information content (AvgIpc) is 3.32. The fraction of sp³-hybridized carbons (Fsp3) is 0.208. The summed E-state index contributed by atoms with van der Waals surface area (Å²) in [4.78, 5) is 44.1. The summed E-state index contributed by atoms with van der Waals surface area (Å²) in [5.41, 5.74) is 2.25. The summed E-state index contributed by atoms with van der Waals surface area (Å²) in [6.45, 7) is 2.36. The zero-order valence-corrected chi connectivity index (χ0v) is 17.4. The molecule has 2 aliphatic rings. The minimum atomic E-state index is -0.242. The first-order valence-corrected chi connectivity index (χ1v) is 10.5. The lowest BCUT2D eigenvalue weighted by Crippen LogP contribution is -2.51. The molecule has 32 heavy (non-hydrogen) atoms. The highest BCUT2D eigenvalue weighted by Crippen LogP contribution is 2.37. The van der Waals surface area contributed by atoms with E-state index in [1.165, 1.54) is 6.26 Å². The second-order valence-corrected chi connectivity index (χ2v) is 7.76. The third-order valence-electron chi connectivity index (χ3n) is 5.78. The Hall–Kier alpha value is -3.91. The van der Waals surface area contributed by atoms with Gasteiger partial charge in [0.25, 0.3) is 11.8 Å². The molecule has 0 unspecified atom stereocenters. The van der Waals surface area contributed by atoms with Crippen LogP contribution in [0.2, 0.25) is 0 Å². The molecule has 3 aromatic rings. The molecule has 8 nitrogen and oxygen atoms in total. The van der Waals surface area contributed by atoms with Crippen LogP contribution in [-0.2, 0) is 4.79 Å². The fourth-order valence-corrected chi connectivity index (χ4v) is 4.15. The molecule has 0 saturated carbocycles. The first kappa shape index (κ1) is 20.0. The lowest BCUT2D eigenvalue weighted by atomic mass is 10.1. The van der Waals surface area contributed by atoms with Gasteiger partial charge in [-0.1, -0.05) is 24.3 Å². The van der Waals surface area contributed by atoms with Crippen LogP contribution in [-0.4, -0.2) is 60.2 Å². The number of benzene rings is 2. The molecular formula is C24H22N4O4. The maximum Gasteiger partial charge on any atom is 0.289 e. The third kappa shape index (κ3) is 3.65. The number of carbonyl (C=O) groups is 3. The standard InChI is InChI=1S/C24H22N4O4/c29-22(16-26-11-13-27(14-12-26)24(31)21-10-5-15-32-21)28-19-8-3-1-6-17(19)23(30)25-18-7-2-4-9-20(18)28/h1-10,15H,11-14,16H2,(H,25,30). The average molecular weight is 430 g/mol. The van der Waals surface area contributed by atoms with E-state index in [1.807, 2.05) is 29.2 Å². The van der Waals surface area contributed by atoms with Crippen LogP contribution in [0.15, 0.2) is 71.3 Å². The Kier molecular flexibility index (Phi) is 5.20. The number of nitrogens with one attached hydrogen (secondary N) is 1. The summed E-state index contributed by atoms with van der Waals surface area (Å²) >= 11 is 0. The van der Waals surface area contributed by atoms with E-state index in [4.69, 9.17) is 4.42 Å². The molecule has 1 fully saturated rings. The van der Waals surface area contributed by atoms with Crippen LogP contribution in [0.25, 0.3) is 0 Å². The molecule has 1 saturated heterocycles. The predicted octanol–water partition coefficient (Wildman–Crippen LogP) is 2.97. The molecule has 8 heteroatoms. The fourth-order valence-electron chi connectivity index (χ4n) is 4.15. The maximum atomic E-state index is 13.5. The molecule has 5 rings (SSSR count). The maximum absolute atomic E-state index is 13.5. The number of nitrogens with zero attached hydrogens (tertiary/aromatic N) is 3. The van der Waals surface area contributed by atoms with Crippen LogP contribution in [0.3, 0.4) is 0 Å². The Bertz CT molecular complexity index is 1170. The Morgan fingerprint density at radius 1 is 0.875 bits per heavy atom. The van der Waals surface area contributed by atoms with Gasteiger partial charge in [-0.2, -0.15) is 0 Å². The second-order valence-electron chi connectivity index (χ2n) is 7.76. The van der Waals surface area contributed by atoms with E-state index in [2.05, 4.69) is 5.32 Å². The molecule has 1 N–H and O–H groups in total. The van der Waals surface area contributed by atoms with Crippen molar-refractivity contribution in [2.24, 2.45) is 0 Å². The van der Waals surface area contributed by atoms with Crippen molar-refractivity contribution >= 4 is 34.8 Å². The van der Waals surface area contributed by atoms with E-state index in [0.717, 1.165) is 0 Å². The van der Waals surface area contributed by atoms with Gasteiger partial charge < -0.3 is 14.6 Å². The Morgan fingerprint density at radius 3 is 2.34 bits per heavy atom. The number of hydrogen-bond acceptors (Lipinski definition) is 5. The lowest BCUT2D eigenvalue weighted by Gasteiger charge is -2.35. The van der Waals surface area contributed by atoms with Gasteiger partial charge in [0.1, 0.15) is 0 Å². The zero-order chi connectivity index (χ0) is 22.1. The van der Waals surface area contributed by atoms with Gasteiger partial charge in [0.15, 0.2) is 5.76 Å². The van der Waals surface area contributed by atoms with Gasteiger partial charge in [-0.15, -0.1) is 0 Å². The second kappa shape index (κ2) is 8.32. The third-order valence-corrected chi connectivity index (χ3v) is 5.78. The van der Waals surface area contributed by atoms with Crippen LogP contribution in [0.4, 0.5) is 17.1 Å². The first-order chi connectivity index (χ1) is 15.6. The first-order valence-electron chi connectivity index (χ1n) is 10.5. The highest BCUT2D eigenvalue weighted by molar-refractivity contribution is 6.17. The number of piperazine rings is 1. The summed E-state index contributed by atoms with van der Waals surface area (Å²) in [6, 6.07) is 17.7.